The number of hydrogen-bond acceptors (Lipinski definition) is 3. The maximum atomic E-state index is 13.8. The van der Waals surface area contributed by atoms with Gasteiger partial charge in [-0.05, 0) is 30.5 Å². The summed E-state index contributed by atoms with van der Waals surface area (Å²) >= 11 is 1.60. The molecular weight excluding hydrogens is 407 g/mol. The summed E-state index contributed by atoms with van der Waals surface area (Å²) in [6.45, 7) is 2.44. The van der Waals surface area contributed by atoms with Crippen LogP contribution >= 0.6 is 11.3 Å². The number of thiazole rings is 1. The maximum absolute atomic E-state index is 13.8. The lowest BCUT2D eigenvalue weighted by Gasteiger charge is -2.07. The Morgan fingerprint density at radius 1 is 0.935 bits per heavy atom. The molecule has 0 saturated heterocycles. The molecule has 31 heavy (non-hydrogen) atoms. The minimum atomic E-state index is -0.245. The third-order valence-electron chi connectivity index (χ3n) is 5.03. The van der Waals surface area contributed by atoms with Crippen molar-refractivity contribution in [3.8, 4) is 21.0 Å². The first-order chi connectivity index (χ1) is 15.1. The predicted molar refractivity (Wildman–Crippen MR) is 125 cm³/mol. The minimum absolute atomic E-state index is 0.116. The van der Waals surface area contributed by atoms with Gasteiger partial charge >= 0.3 is 0 Å². The number of hydrogen-bond donors (Lipinski definition) is 1. The Bertz CT molecular complexity index is 1170. The van der Waals surface area contributed by atoms with Crippen molar-refractivity contribution in [2.75, 3.05) is 6.54 Å². The van der Waals surface area contributed by atoms with Crippen LogP contribution in [0.25, 0.3) is 21.0 Å². The van der Waals surface area contributed by atoms with Gasteiger partial charge in [0, 0.05) is 12.1 Å². The smallest absolute Gasteiger partial charge is 0.226 e. The Balaban J connectivity index is 1.52. The fraction of sp³-hybridized carbons (Fsp3) is 0.154. The molecule has 0 radical (unpaired) electrons. The number of carbonyl (C=O) groups is 1. The van der Waals surface area contributed by atoms with Crippen molar-refractivity contribution < 1.29 is 9.18 Å². The number of aryl methyl sites for hydroxylation is 1. The van der Waals surface area contributed by atoms with Crippen molar-refractivity contribution >= 4 is 17.2 Å². The van der Waals surface area contributed by atoms with E-state index in [0.29, 0.717) is 18.5 Å². The second kappa shape index (κ2) is 9.67. The van der Waals surface area contributed by atoms with Gasteiger partial charge in [0.05, 0.1) is 17.0 Å². The van der Waals surface area contributed by atoms with Gasteiger partial charge in [-0.2, -0.15) is 0 Å². The van der Waals surface area contributed by atoms with Gasteiger partial charge in [0.1, 0.15) is 10.8 Å². The average molecular weight is 431 g/mol. The van der Waals surface area contributed by atoms with E-state index < -0.39 is 0 Å². The van der Waals surface area contributed by atoms with Crippen LogP contribution in [0, 0.1) is 12.7 Å². The molecule has 0 unspecified atom stereocenters. The second-order valence-electron chi connectivity index (χ2n) is 7.40. The molecule has 1 N–H and O–H groups in total. The molecule has 0 spiro atoms. The molecule has 5 heteroatoms. The lowest BCUT2D eigenvalue weighted by molar-refractivity contribution is -0.120. The van der Waals surface area contributed by atoms with E-state index in [1.54, 1.807) is 29.5 Å². The monoisotopic (exact) mass is 430 g/mol. The Labute approximate surface area is 185 Å². The van der Waals surface area contributed by atoms with Gasteiger partial charge < -0.3 is 5.32 Å². The summed E-state index contributed by atoms with van der Waals surface area (Å²) in [7, 11) is 0. The van der Waals surface area contributed by atoms with Crippen molar-refractivity contribution in [3.05, 3.63) is 102 Å². The molecule has 0 fully saturated rings. The van der Waals surface area contributed by atoms with E-state index in [1.165, 1.54) is 11.6 Å². The zero-order valence-electron chi connectivity index (χ0n) is 17.3. The maximum Gasteiger partial charge on any atom is 0.226 e. The van der Waals surface area contributed by atoms with Gasteiger partial charge in [0.25, 0.3) is 0 Å². The first-order valence-electron chi connectivity index (χ1n) is 10.2. The highest BCUT2D eigenvalue weighted by Gasteiger charge is 2.17. The molecule has 1 aromatic heterocycles. The van der Waals surface area contributed by atoms with Crippen molar-refractivity contribution in [1.82, 2.24) is 10.3 Å². The van der Waals surface area contributed by atoms with Crippen LogP contribution in [-0.2, 0) is 17.6 Å². The molecule has 3 nitrogen and oxygen atoms in total. The summed E-state index contributed by atoms with van der Waals surface area (Å²) in [4.78, 5) is 18.4. The summed E-state index contributed by atoms with van der Waals surface area (Å²) < 4.78 is 13.8. The fourth-order valence-electron chi connectivity index (χ4n) is 3.36. The van der Waals surface area contributed by atoms with Gasteiger partial charge in [0.2, 0.25) is 5.91 Å². The number of nitrogens with zero attached hydrogens (tertiary/aromatic N) is 1. The first kappa shape index (κ1) is 20.9. The Kier molecular flexibility index (Phi) is 6.53. The van der Waals surface area contributed by atoms with Crippen LogP contribution < -0.4 is 5.32 Å². The highest BCUT2D eigenvalue weighted by Crippen LogP contribution is 2.35. The number of rotatable bonds is 7. The molecular formula is C26H23FN2OS. The molecule has 0 atom stereocenters. The number of amides is 1. The fourth-order valence-corrected chi connectivity index (χ4v) is 4.45. The van der Waals surface area contributed by atoms with E-state index in [0.717, 1.165) is 26.7 Å². The Morgan fingerprint density at radius 2 is 1.65 bits per heavy atom. The zero-order valence-corrected chi connectivity index (χ0v) is 18.1. The van der Waals surface area contributed by atoms with E-state index in [2.05, 4.69) is 36.5 Å². The molecule has 1 heterocycles. The van der Waals surface area contributed by atoms with E-state index in [-0.39, 0.29) is 18.1 Å². The quantitative estimate of drug-likeness (QED) is 0.401. The topological polar surface area (TPSA) is 42.0 Å². The first-order valence-corrected chi connectivity index (χ1v) is 11.0. The van der Waals surface area contributed by atoms with Crippen molar-refractivity contribution in [2.24, 2.45) is 0 Å². The third kappa shape index (κ3) is 5.25. The van der Waals surface area contributed by atoms with Crippen LogP contribution in [0.15, 0.2) is 78.9 Å². The van der Waals surface area contributed by atoms with Crippen LogP contribution in [0.2, 0.25) is 0 Å². The van der Waals surface area contributed by atoms with Crippen LogP contribution in [0.5, 0.6) is 0 Å². The van der Waals surface area contributed by atoms with Crippen molar-refractivity contribution in [3.63, 3.8) is 0 Å². The van der Waals surface area contributed by atoms with Gasteiger partial charge in [-0.1, -0.05) is 78.4 Å². The van der Waals surface area contributed by atoms with Gasteiger partial charge in [0.15, 0.2) is 0 Å². The molecule has 3 aromatic carbocycles. The zero-order chi connectivity index (χ0) is 21.6. The van der Waals surface area contributed by atoms with Gasteiger partial charge in [-0.25, -0.2) is 9.37 Å². The van der Waals surface area contributed by atoms with Gasteiger partial charge in [-0.15, -0.1) is 11.3 Å². The summed E-state index contributed by atoms with van der Waals surface area (Å²) in [5.74, 6) is -0.361. The van der Waals surface area contributed by atoms with E-state index in [9.17, 15) is 9.18 Å². The number of benzene rings is 3. The average Bonchev–Trinajstić information content (AvgIpc) is 3.20. The molecule has 0 aliphatic rings. The largest absolute Gasteiger partial charge is 0.355 e. The van der Waals surface area contributed by atoms with E-state index in [1.807, 2.05) is 30.3 Å². The molecule has 1 amide bonds. The molecule has 0 bridgehead atoms. The second-order valence-corrected chi connectivity index (χ2v) is 8.39. The lowest BCUT2D eigenvalue weighted by Crippen LogP contribution is -2.27. The molecule has 0 aliphatic carbocycles. The minimum Gasteiger partial charge on any atom is -0.355 e. The van der Waals surface area contributed by atoms with Crippen LogP contribution in [0.4, 0.5) is 4.39 Å². The highest BCUT2D eigenvalue weighted by molar-refractivity contribution is 7.18. The predicted octanol–water partition coefficient (Wildman–Crippen LogP) is 5.83. The summed E-state index contributed by atoms with van der Waals surface area (Å²) in [5, 5.41) is 3.80. The van der Waals surface area contributed by atoms with E-state index in [4.69, 9.17) is 4.98 Å². The third-order valence-corrected chi connectivity index (χ3v) is 6.23. The number of carbonyl (C=O) groups excluding carboxylic acids is 1. The number of halogens is 1. The highest BCUT2D eigenvalue weighted by atomic mass is 32.1. The molecule has 156 valence electrons. The Hall–Kier alpha value is -3.31. The number of nitrogens with one attached hydrogen (secondary N) is 1. The van der Waals surface area contributed by atoms with E-state index >= 15 is 0 Å². The van der Waals surface area contributed by atoms with Crippen LogP contribution in [-0.4, -0.2) is 17.4 Å². The normalized spacial score (nSPS) is 10.8. The standard InChI is InChI=1S/C26H23FN2OS/c1-18-11-13-20(14-12-18)25-23(29-26(31-25)21-8-3-2-4-9-21)17-24(30)28-16-15-19-7-5-6-10-22(19)27/h2-14H,15-17H2,1H3,(H,28,30). The summed E-state index contributed by atoms with van der Waals surface area (Å²) in [6, 6.07) is 24.9. The van der Waals surface area contributed by atoms with Gasteiger partial charge in [-0.3, -0.25) is 4.79 Å². The summed E-state index contributed by atoms with van der Waals surface area (Å²) in [5.41, 5.74) is 4.63. The van der Waals surface area contributed by atoms with Crippen molar-refractivity contribution in [1.29, 1.82) is 0 Å². The SMILES string of the molecule is Cc1ccc(-c2sc(-c3ccccc3)nc2CC(=O)NCCc2ccccc2F)cc1. The number of aromatic nitrogens is 1. The molecule has 0 saturated carbocycles. The molecule has 0 aliphatic heterocycles. The van der Waals surface area contributed by atoms with Crippen molar-refractivity contribution in [2.45, 2.75) is 19.8 Å². The van der Waals surface area contributed by atoms with Crippen LogP contribution in [0.3, 0.4) is 0 Å². The van der Waals surface area contributed by atoms with Crippen LogP contribution in [0.1, 0.15) is 16.8 Å². The molecule has 4 aromatic rings. The summed E-state index contributed by atoms with van der Waals surface area (Å²) in [6.07, 6.45) is 0.638. The molecule has 4 rings (SSSR count). The Morgan fingerprint density at radius 3 is 2.39 bits per heavy atom. The lowest BCUT2D eigenvalue weighted by atomic mass is 10.1.